The van der Waals surface area contributed by atoms with Crippen molar-refractivity contribution in [3.63, 3.8) is 0 Å². The van der Waals surface area contributed by atoms with Crippen molar-refractivity contribution in [2.75, 3.05) is 0 Å². The second kappa shape index (κ2) is 6.70. The molecule has 1 unspecified atom stereocenters. The van der Waals surface area contributed by atoms with Crippen molar-refractivity contribution in [3.05, 3.63) is 27.2 Å². The van der Waals surface area contributed by atoms with Crippen LogP contribution < -0.4 is 11.2 Å². The first-order valence-electron chi connectivity index (χ1n) is 17.7. The maximum Gasteiger partial charge on any atom is 0.332 e. The van der Waals surface area contributed by atoms with Gasteiger partial charge in [0.1, 0.15) is 0 Å². The number of hydrogen-bond donors (Lipinski definition) is 1. The number of imidazole rings is 1. The zero-order valence-electron chi connectivity index (χ0n) is 35.1. The van der Waals surface area contributed by atoms with Crippen LogP contribution in [0, 0.1) is 0 Å². The molecule has 0 spiro atoms. The third kappa shape index (κ3) is 3.72. The predicted molar refractivity (Wildman–Crippen MR) is 89.7 cm³/mol. The average Bonchev–Trinajstić information content (AvgIpc) is 3.25. The van der Waals surface area contributed by atoms with Gasteiger partial charge in [-0.25, -0.2) is 9.78 Å². The molecule has 128 valence electrons. The summed E-state index contributed by atoms with van der Waals surface area (Å²) in [5.74, 6) is 0. The fourth-order valence-corrected chi connectivity index (χ4v) is 1.53. The Morgan fingerprint density at radius 1 is 1.48 bits per heavy atom. The van der Waals surface area contributed by atoms with Gasteiger partial charge in [0.05, 0.1) is 14.7 Å². The van der Waals surface area contributed by atoms with Crippen LogP contribution in [0.2, 0.25) is 0 Å². The predicted octanol–water partition coefficient (Wildman–Crippen LogP) is 1.25. The van der Waals surface area contributed by atoms with Gasteiger partial charge >= 0.3 is 5.69 Å². The molecule has 2 aromatic rings. The Balaban J connectivity index is 3.23. The molecule has 2 heterocycles. The molecular weight excluding hydrogens is 296 g/mol. The third-order valence-corrected chi connectivity index (χ3v) is 2.40. The van der Waals surface area contributed by atoms with Gasteiger partial charge in [0.25, 0.3) is 5.56 Å². The number of aromatic nitrogens is 4. The normalized spacial score (nSPS) is 35.7. The summed E-state index contributed by atoms with van der Waals surface area (Å²) in [6, 6.07) is 0. The minimum Gasteiger partial charge on any atom is -0.390 e. The zero-order valence-corrected chi connectivity index (χ0v) is 11.1. The van der Waals surface area contributed by atoms with E-state index >= 15 is 0 Å². The first-order chi connectivity index (χ1) is 20.2. The van der Waals surface area contributed by atoms with Crippen LogP contribution in [0.1, 0.15) is 78.9 Å². The van der Waals surface area contributed by atoms with Crippen LogP contribution in [0.25, 0.3) is 11.2 Å². The van der Waals surface area contributed by atoms with E-state index in [1.54, 1.807) is 0 Å². The summed E-state index contributed by atoms with van der Waals surface area (Å²) in [7, 11) is 0. The second-order valence-corrected chi connectivity index (χ2v) is 3.98. The number of rotatable bonds is 7. The van der Waals surface area contributed by atoms with E-state index in [-0.39, 0.29) is 10.9 Å². The van der Waals surface area contributed by atoms with Crippen molar-refractivity contribution < 1.29 is 38.0 Å². The van der Waals surface area contributed by atoms with E-state index in [1.165, 1.54) is 0 Å². The molecule has 1 N–H and O–H groups in total. The van der Waals surface area contributed by atoms with Crippen LogP contribution in [0.4, 0.5) is 0 Å². The molecule has 0 bridgehead atoms. The van der Waals surface area contributed by atoms with Gasteiger partial charge in [-0.15, -0.1) is 0 Å². The van der Waals surface area contributed by atoms with E-state index < -0.39 is 103 Å². The molecule has 1 atom stereocenters. The van der Waals surface area contributed by atoms with E-state index in [0.29, 0.717) is 0 Å². The Bertz CT molecular complexity index is 1630. The average molecular weight is 350 g/mol. The summed E-state index contributed by atoms with van der Waals surface area (Å²) in [6.07, 6.45) is -18.4. The van der Waals surface area contributed by atoms with Crippen LogP contribution in [0.3, 0.4) is 0 Å². The molecule has 0 aliphatic rings. The number of aryl methyl sites for hydroxylation is 2. The van der Waals surface area contributed by atoms with Gasteiger partial charge in [0, 0.05) is 50.1 Å². The Morgan fingerprint density at radius 2 is 2.35 bits per heavy atom. The number of hydrogen-bond acceptors (Lipinski definition) is 4. The zero-order chi connectivity index (χ0) is 38.0. The van der Waals surface area contributed by atoms with Crippen LogP contribution in [-0.4, -0.2) is 29.4 Å². The molecule has 0 saturated heterocycles. The lowest BCUT2D eigenvalue weighted by atomic mass is 10.0. The quantitative estimate of drug-likeness (QED) is 0.815. The van der Waals surface area contributed by atoms with Gasteiger partial charge < -0.3 is 9.67 Å². The molecule has 0 aromatic carbocycles. The Morgan fingerprint density at radius 3 is 3.04 bits per heavy atom. The summed E-state index contributed by atoms with van der Waals surface area (Å²) < 4.78 is 186. The Labute approximate surface area is 168 Å². The van der Waals surface area contributed by atoms with Gasteiger partial charge in [-0.3, -0.25) is 13.9 Å². The monoisotopic (exact) mass is 349 g/mol. The molecule has 0 saturated carbocycles. The number of fused-ring (bicyclic) bond motifs is 1. The fourth-order valence-electron chi connectivity index (χ4n) is 1.53. The lowest BCUT2D eigenvalue weighted by Crippen LogP contribution is -2.39. The van der Waals surface area contributed by atoms with Crippen LogP contribution >= 0.6 is 0 Å². The molecule has 7 nitrogen and oxygen atoms in total. The summed E-state index contributed by atoms with van der Waals surface area (Å²) in [6.45, 7) is -25.1. The first kappa shape index (κ1) is 4.02. The molecule has 2 rings (SSSR count). The van der Waals surface area contributed by atoms with E-state index in [9.17, 15) is 14.7 Å². The summed E-state index contributed by atoms with van der Waals surface area (Å²) in [5.41, 5.74) is -12.5. The maximum absolute atomic E-state index is 13.7. The Kier molecular flexibility index (Phi) is 1.17. The third-order valence-electron chi connectivity index (χ3n) is 2.40. The smallest absolute Gasteiger partial charge is 0.332 e. The molecule has 0 amide bonds. The molecule has 0 radical (unpaired) electrons. The summed E-state index contributed by atoms with van der Waals surface area (Å²) in [4.78, 5) is 30.6. The topological polar surface area (TPSA) is 82.0 Å². The molecule has 0 aliphatic carbocycles. The lowest BCUT2D eigenvalue weighted by molar-refractivity contribution is 0.0678. The molecular formula is C16H26N4O3. The highest BCUT2D eigenvalue weighted by molar-refractivity contribution is 5.69. The van der Waals surface area contributed by atoms with E-state index in [1.807, 2.05) is 0 Å². The van der Waals surface area contributed by atoms with Crippen molar-refractivity contribution in [2.45, 2.75) is 64.6 Å². The molecule has 0 fully saturated rings. The van der Waals surface area contributed by atoms with Gasteiger partial charge in [-0.2, -0.15) is 0 Å². The minimum atomic E-state index is -4.89. The van der Waals surface area contributed by atoms with Crippen LogP contribution in [0.5, 0.6) is 0 Å². The van der Waals surface area contributed by atoms with Crippen LogP contribution in [-0.2, 0) is 20.0 Å². The molecule has 0 aliphatic heterocycles. The van der Waals surface area contributed by atoms with Gasteiger partial charge in [0.15, 0.2) is 11.2 Å². The van der Waals surface area contributed by atoms with Crippen molar-refractivity contribution in [3.8, 4) is 0 Å². The second-order valence-electron chi connectivity index (χ2n) is 3.98. The first-order valence-corrected chi connectivity index (χ1v) is 5.66. The van der Waals surface area contributed by atoms with Crippen molar-refractivity contribution in [1.29, 1.82) is 0 Å². The Hall–Kier alpha value is -1.89. The highest BCUT2D eigenvalue weighted by Crippen LogP contribution is 2.12. The van der Waals surface area contributed by atoms with E-state index in [0.717, 1.165) is 0 Å². The highest BCUT2D eigenvalue weighted by atomic mass is 16.3. The molecule has 7 heteroatoms. The van der Waals surface area contributed by atoms with E-state index in [4.69, 9.17) is 32.9 Å². The van der Waals surface area contributed by atoms with Gasteiger partial charge in [0.2, 0.25) is 0 Å². The van der Waals surface area contributed by atoms with Crippen molar-refractivity contribution in [1.82, 2.24) is 18.7 Å². The van der Waals surface area contributed by atoms with Gasteiger partial charge in [-0.05, 0) is 39.2 Å². The van der Waals surface area contributed by atoms with Crippen LogP contribution in [0.15, 0.2) is 15.9 Å². The fraction of sp³-hybridized carbons (Fsp3) is 0.688. The summed E-state index contributed by atoms with van der Waals surface area (Å²) in [5, 5.41) is 10.7. The van der Waals surface area contributed by atoms with Gasteiger partial charge in [-0.1, -0.05) is 6.85 Å². The minimum absolute atomic E-state index is 0.163. The largest absolute Gasteiger partial charge is 0.390 e. The highest BCUT2D eigenvalue weighted by Gasteiger charge is 2.16. The molecule has 23 heavy (non-hydrogen) atoms. The van der Waals surface area contributed by atoms with E-state index in [2.05, 4.69) is 4.98 Å². The maximum atomic E-state index is 13.7. The number of aliphatic hydroxyl groups is 1. The SMILES string of the molecule is [2H]C([2H])([2H])n1c(=O)n(C([2H])([2H])C([2H])([2H])C([2H])([2H])C([2H])([2H])C(O)(C([2H])([2H])[2H])C([3H])([3H])[3H])c(=O)c2c1ncn2C([2H])([2H])C([2H])([2H])C([2H])([2H])[2H]. The summed E-state index contributed by atoms with van der Waals surface area (Å²) >= 11 is 0. The molecule has 2 aromatic heterocycles. The lowest BCUT2D eigenvalue weighted by Gasteiger charge is -2.16. The van der Waals surface area contributed by atoms with Crippen molar-refractivity contribution >= 4 is 11.2 Å². The number of nitrogens with zero attached hydrogens (tertiary/aromatic N) is 4. The van der Waals surface area contributed by atoms with Crippen molar-refractivity contribution in [2.24, 2.45) is 6.98 Å². The standard InChI is InChI=1S/C16H26N4O3/c1-5-9-19-11-17-13-12(19)14(21)20(15(22)18(13)4)10-7-6-8-16(2,3)23/h11,23H,5-10H2,1-4H3/i1D3,2D3,3T3,4D3,5D2,6D2,7D2,8D2,9D2,10D2.